The SMILES string of the molecule is O=C(N[C@H]1CCCCC[C@H]1C(=O)O)c1cn(Cc2cccc(F)c2)nn1. The van der Waals surface area contributed by atoms with Crippen LogP contribution in [0.5, 0.6) is 0 Å². The first kappa shape index (κ1) is 18.0. The van der Waals surface area contributed by atoms with Crippen LogP contribution >= 0.6 is 0 Å². The van der Waals surface area contributed by atoms with Crippen LogP contribution in [0.3, 0.4) is 0 Å². The number of hydrogen-bond acceptors (Lipinski definition) is 4. The zero-order chi connectivity index (χ0) is 18.5. The molecule has 0 unspecified atom stereocenters. The normalized spacial score (nSPS) is 20.3. The molecular formula is C18H21FN4O3. The number of carboxylic acid groups (broad SMARTS) is 1. The van der Waals surface area contributed by atoms with Crippen LogP contribution in [0.25, 0.3) is 0 Å². The Morgan fingerprint density at radius 2 is 2.08 bits per heavy atom. The molecule has 1 amide bonds. The molecule has 0 aliphatic heterocycles. The van der Waals surface area contributed by atoms with Gasteiger partial charge < -0.3 is 10.4 Å². The van der Waals surface area contributed by atoms with Gasteiger partial charge in [-0.2, -0.15) is 0 Å². The summed E-state index contributed by atoms with van der Waals surface area (Å²) in [5.41, 5.74) is 0.825. The van der Waals surface area contributed by atoms with Crippen LogP contribution < -0.4 is 5.32 Å². The minimum absolute atomic E-state index is 0.120. The van der Waals surface area contributed by atoms with Gasteiger partial charge in [-0.3, -0.25) is 9.59 Å². The van der Waals surface area contributed by atoms with Crippen molar-refractivity contribution in [3.8, 4) is 0 Å². The fraction of sp³-hybridized carbons (Fsp3) is 0.444. The van der Waals surface area contributed by atoms with Crippen LogP contribution in [0.15, 0.2) is 30.5 Å². The number of halogens is 1. The molecule has 7 nitrogen and oxygen atoms in total. The predicted molar refractivity (Wildman–Crippen MR) is 91.0 cm³/mol. The minimum Gasteiger partial charge on any atom is -0.481 e. The fourth-order valence-corrected chi connectivity index (χ4v) is 3.32. The van der Waals surface area contributed by atoms with Crippen molar-refractivity contribution in [3.05, 3.63) is 47.5 Å². The fourth-order valence-electron chi connectivity index (χ4n) is 3.32. The molecule has 1 aliphatic rings. The second-order valence-corrected chi connectivity index (χ2v) is 6.59. The first-order valence-electron chi connectivity index (χ1n) is 8.71. The highest BCUT2D eigenvalue weighted by molar-refractivity contribution is 5.92. The molecule has 26 heavy (non-hydrogen) atoms. The number of carbonyl (C=O) groups excluding carboxylic acids is 1. The van der Waals surface area contributed by atoms with Gasteiger partial charge >= 0.3 is 5.97 Å². The molecule has 0 spiro atoms. The van der Waals surface area contributed by atoms with E-state index in [2.05, 4.69) is 15.6 Å². The summed E-state index contributed by atoms with van der Waals surface area (Å²) in [6, 6.07) is 5.71. The van der Waals surface area contributed by atoms with Crippen molar-refractivity contribution < 1.29 is 19.1 Å². The average molecular weight is 360 g/mol. The average Bonchev–Trinajstić information content (AvgIpc) is 2.93. The number of aliphatic carboxylic acids is 1. The molecule has 2 atom stereocenters. The van der Waals surface area contributed by atoms with Crippen molar-refractivity contribution in [2.45, 2.75) is 44.7 Å². The number of nitrogens with one attached hydrogen (secondary N) is 1. The molecule has 1 aromatic carbocycles. The van der Waals surface area contributed by atoms with Gasteiger partial charge in [-0.1, -0.05) is 36.6 Å². The van der Waals surface area contributed by atoms with Gasteiger partial charge in [-0.25, -0.2) is 9.07 Å². The van der Waals surface area contributed by atoms with E-state index in [1.54, 1.807) is 12.1 Å². The lowest BCUT2D eigenvalue weighted by Crippen LogP contribution is -2.43. The number of aromatic nitrogens is 3. The third kappa shape index (κ3) is 4.44. The van der Waals surface area contributed by atoms with E-state index in [0.717, 1.165) is 19.3 Å². The van der Waals surface area contributed by atoms with Crippen LogP contribution in [0.1, 0.15) is 48.2 Å². The van der Waals surface area contributed by atoms with Crippen LogP contribution in [-0.2, 0) is 11.3 Å². The zero-order valence-electron chi connectivity index (χ0n) is 14.3. The predicted octanol–water partition coefficient (Wildman–Crippen LogP) is 2.23. The van der Waals surface area contributed by atoms with Crippen molar-refractivity contribution in [1.82, 2.24) is 20.3 Å². The maximum atomic E-state index is 13.2. The topological polar surface area (TPSA) is 97.1 Å². The van der Waals surface area contributed by atoms with Crippen LogP contribution in [-0.4, -0.2) is 38.0 Å². The molecule has 3 rings (SSSR count). The summed E-state index contributed by atoms with van der Waals surface area (Å²) in [5, 5.41) is 19.9. The Hall–Kier alpha value is -2.77. The second kappa shape index (κ2) is 8.07. The van der Waals surface area contributed by atoms with E-state index in [1.807, 2.05) is 0 Å². The van der Waals surface area contributed by atoms with Crippen LogP contribution in [0.4, 0.5) is 4.39 Å². The van der Waals surface area contributed by atoms with Crippen molar-refractivity contribution in [3.63, 3.8) is 0 Å². The maximum absolute atomic E-state index is 13.2. The lowest BCUT2D eigenvalue weighted by atomic mass is 9.95. The number of amides is 1. The van der Waals surface area contributed by atoms with E-state index in [4.69, 9.17) is 0 Å². The van der Waals surface area contributed by atoms with E-state index in [9.17, 15) is 19.1 Å². The highest BCUT2D eigenvalue weighted by Gasteiger charge is 2.31. The first-order chi connectivity index (χ1) is 12.5. The van der Waals surface area contributed by atoms with Gasteiger partial charge in [0, 0.05) is 6.04 Å². The minimum atomic E-state index is -0.882. The molecule has 2 N–H and O–H groups in total. The van der Waals surface area contributed by atoms with E-state index in [1.165, 1.54) is 23.0 Å². The van der Waals surface area contributed by atoms with E-state index in [-0.39, 0.29) is 11.5 Å². The quantitative estimate of drug-likeness (QED) is 0.797. The Bertz CT molecular complexity index is 792. The number of carbonyl (C=O) groups is 2. The smallest absolute Gasteiger partial charge is 0.308 e. The van der Waals surface area contributed by atoms with Crippen molar-refractivity contribution >= 4 is 11.9 Å². The van der Waals surface area contributed by atoms with Crippen molar-refractivity contribution in [2.24, 2.45) is 5.92 Å². The highest BCUT2D eigenvalue weighted by Crippen LogP contribution is 2.24. The van der Waals surface area contributed by atoms with Crippen molar-refractivity contribution in [2.75, 3.05) is 0 Å². The van der Waals surface area contributed by atoms with Gasteiger partial charge in [0.2, 0.25) is 0 Å². The molecule has 138 valence electrons. The summed E-state index contributed by atoms with van der Waals surface area (Å²) in [4.78, 5) is 23.9. The summed E-state index contributed by atoms with van der Waals surface area (Å²) >= 11 is 0. The number of nitrogens with zero attached hydrogens (tertiary/aromatic N) is 3. The monoisotopic (exact) mass is 360 g/mol. The maximum Gasteiger partial charge on any atom is 0.308 e. The molecule has 1 aromatic heterocycles. The molecule has 0 saturated heterocycles. The van der Waals surface area contributed by atoms with E-state index >= 15 is 0 Å². The van der Waals surface area contributed by atoms with E-state index in [0.29, 0.717) is 24.9 Å². The van der Waals surface area contributed by atoms with Gasteiger partial charge in [0.1, 0.15) is 5.82 Å². The Labute approximate surface area is 150 Å². The lowest BCUT2D eigenvalue weighted by molar-refractivity contribution is -0.142. The summed E-state index contributed by atoms with van der Waals surface area (Å²) in [5.74, 6) is -2.24. The van der Waals surface area contributed by atoms with Gasteiger partial charge in [0.15, 0.2) is 5.69 Å². The van der Waals surface area contributed by atoms with Crippen molar-refractivity contribution in [1.29, 1.82) is 0 Å². The molecule has 1 heterocycles. The highest BCUT2D eigenvalue weighted by atomic mass is 19.1. The molecule has 0 radical (unpaired) electrons. The molecule has 0 bridgehead atoms. The number of benzene rings is 1. The number of rotatable bonds is 5. The molecule has 1 saturated carbocycles. The van der Waals surface area contributed by atoms with Crippen LogP contribution in [0, 0.1) is 11.7 Å². The molecule has 2 aromatic rings. The van der Waals surface area contributed by atoms with Gasteiger partial charge in [0.25, 0.3) is 5.91 Å². The Morgan fingerprint density at radius 1 is 1.27 bits per heavy atom. The summed E-state index contributed by atoms with van der Waals surface area (Å²) < 4.78 is 14.7. The zero-order valence-corrected chi connectivity index (χ0v) is 14.3. The Kier molecular flexibility index (Phi) is 5.60. The Balaban J connectivity index is 1.66. The number of hydrogen-bond donors (Lipinski definition) is 2. The second-order valence-electron chi connectivity index (χ2n) is 6.59. The lowest BCUT2D eigenvalue weighted by Gasteiger charge is -2.22. The molecular weight excluding hydrogens is 339 g/mol. The molecule has 8 heteroatoms. The largest absolute Gasteiger partial charge is 0.481 e. The summed E-state index contributed by atoms with van der Waals surface area (Å²) in [6.45, 7) is 0.291. The summed E-state index contributed by atoms with van der Waals surface area (Å²) in [6.07, 6.45) is 5.40. The van der Waals surface area contributed by atoms with Gasteiger partial charge in [-0.15, -0.1) is 5.10 Å². The van der Waals surface area contributed by atoms with Gasteiger partial charge in [0.05, 0.1) is 18.7 Å². The van der Waals surface area contributed by atoms with Gasteiger partial charge in [-0.05, 0) is 30.5 Å². The van der Waals surface area contributed by atoms with E-state index < -0.39 is 23.8 Å². The number of carboxylic acids is 1. The van der Waals surface area contributed by atoms with Crippen LogP contribution in [0.2, 0.25) is 0 Å². The molecule has 1 aliphatic carbocycles. The third-order valence-corrected chi connectivity index (χ3v) is 4.65. The summed E-state index contributed by atoms with van der Waals surface area (Å²) in [7, 11) is 0. The standard InChI is InChI=1S/C18H21FN4O3/c19-13-6-4-5-12(9-13)10-23-11-16(21-22-23)17(24)20-15-8-3-1-2-7-14(15)18(25)26/h4-6,9,11,14-15H,1-3,7-8,10H2,(H,20,24)(H,25,26)/t14-,15+/m1/s1. The molecule has 1 fully saturated rings. The Morgan fingerprint density at radius 3 is 2.85 bits per heavy atom. The third-order valence-electron chi connectivity index (χ3n) is 4.65. The first-order valence-corrected chi connectivity index (χ1v) is 8.71.